The molecule has 1 aromatic heterocycles. The van der Waals surface area contributed by atoms with E-state index >= 15 is 0 Å². The molecule has 0 atom stereocenters. The summed E-state index contributed by atoms with van der Waals surface area (Å²) in [4.78, 5) is 5.63. The predicted octanol–water partition coefficient (Wildman–Crippen LogP) is 1.68. The van der Waals surface area contributed by atoms with E-state index in [4.69, 9.17) is 5.84 Å². The van der Waals surface area contributed by atoms with Gasteiger partial charge in [-0.1, -0.05) is 24.3 Å². The Balaban J connectivity index is 1.87. The van der Waals surface area contributed by atoms with Gasteiger partial charge in [-0.15, -0.1) is 0 Å². The second kappa shape index (κ2) is 4.94. The fourth-order valence-corrected chi connectivity index (χ4v) is 2.57. The SMILES string of the molecule is NNCN1CC=C(c2c[nH]c3ccccc23)CC1. The van der Waals surface area contributed by atoms with Gasteiger partial charge < -0.3 is 4.98 Å². The number of fused-ring (bicyclic) bond motifs is 1. The monoisotopic (exact) mass is 242 g/mol. The summed E-state index contributed by atoms with van der Waals surface area (Å²) in [5.41, 5.74) is 6.69. The van der Waals surface area contributed by atoms with E-state index in [0.717, 1.165) is 26.2 Å². The van der Waals surface area contributed by atoms with Gasteiger partial charge in [0, 0.05) is 35.8 Å². The molecule has 2 heterocycles. The van der Waals surface area contributed by atoms with Crippen LogP contribution in [0.4, 0.5) is 0 Å². The molecule has 0 saturated carbocycles. The first-order valence-electron chi connectivity index (χ1n) is 6.30. The minimum Gasteiger partial charge on any atom is -0.361 e. The lowest BCUT2D eigenvalue weighted by molar-refractivity contribution is 0.279. The van der Waals surface area contributed by atoms with Gasteiger partial charge in [-0.25, -0.2) is 5.43 Å². The summed E-state index contributed by atoms with van der Waals surface area (Å²) in [5, 5.41) is 1.31. The molecule has 2 aromatic rings. The molecule has 18 heavy (non-hydrogen) atoms. The zero-order valence-electron chi connectivity index (χ0n) is 10.3. The molecule has 1 aliphatic heterocycles. The second-order valence-electron chi connectivity index (χ2n) is 4.67. The van der Waals surface area contributed by atoms with Crippen LogP contribution in [0, 0.1) is 0 Å². The fourth-order valence-electron chi connectivity index (χ4n) is 2.57. The van der Waals surface area contributed by atoms with E-state index in [0.29, 0.717) is 0 Å². The largest absolute Gasteiger partial charge is 0.361 e. The maximum absolute atomic E-state index is 5.35. The number of aromatic nitrogens is 1. The van der Waals surface area contributed by atoms with E-state index in [-0.39, 0.29) is 0 Å². The molecule has 4 heteroatoms. The summed E-state index contributed by atoms with van der Waals surface area (Å²) in [6.07, 6.45) is 5.49. The topological polar surface area (TPSA) is 57.1 Å². The number of rotatable bonds is 3. The van der Waals surface area contributed by atoms with Gasteiger partial charge in [-0.2, -0.15) is 0 Å². The van der Waals surface area contributed by atoms with Crippen molar-refractivity contribution in [1.29, 1.82) is 0 Å². The minimum absolute atomic E-state index is 0.748. The summed E-state index contributed by atoms with van der Waals surface area (Å²) < 4.78 is 0. The van der Waals surface area contributed by atoms with Crippen LogP contribution < -0.4 is 11.3 Å². The van der Waals surface area contributed by atoms with Crippen LogP contribution in [0.25, 0.3) is 16.5 Å². The van der Waals surface area contributed by atoms with E-state index in [1.807, 2.05) is 0 Å². The first-order valence-corrected chi connectivity index (χ1v) is 6.30. The summed E-state index contributed by atoms with van der Waals surface area (Å²) in [7, 11) is 0. The Labute approximate surface area is 106 Å². The highest BCUT2D eigenvalue weighted by Gasteiger charge is 2.14. The molecule has 0 unspecified atom stereocenters. The number of para-hydroxylation sites is 1. The maximum atomic E-state index is 5.35. The van der Waals surface area contributed by atoms with Crippen LogP contribution in [0.1, 0.15) is 12.0 Å². The van der Waals surface area contributed by atoms with Gasteiger partial charge in [0.25, 0.3) is 0 Å². The number of nitrogens with two attached hydrogens (primary N) is 1. The Hall–Kier alpha value is -1.62. The molecule has 0 bridgehead atoms. The van der Waals surface area contributed by atoms with Gasteiger partial charge in [0.05, 0.1) is 6.67 Å². The van der Waals surface area contributed by atoms with Gasteiger partial charge in [0.15, 0.2) is 0 Å². The molecule has 0 aliphatic carbocycles. The molecule has 1 aromatic carbocycles. The van der Waals surface area contributed by atoms with Gasteiger partial charge >= 0.3 is 0 Å². The van der Waals surface area contributed by atoms with Crippen LogP contribution in [0.15, 0.2) is 36.5 Å². The van der Waals surface area contributed by atoms with Crippen molar-refractivity contribution in [1.82, 2.24) is 15.3 Å². The number of nitrogens with zero attached hydrogens (tertiary/aromatic N) is 1. The smallest absolute Gasteiger partial charge is 0.0615 e. The molecule has 0 fully saturated rings. The van der Waals surface area contributed by atoms with Crippen LogP contribution >= 0.6 is 0 Å². The number of aromatic amines is 1. The van der Waals surface area contributed by atoms with E-state index < -0.39 is 0 Å². The molecule has 0 amide bonds. The Morgan fingerprint density at radius 2 is 2.22 bits per heavy atom. The third-order valence-corrected chi connectivity index (χ3v) is 3.54. The first kappa shape index (κ1) is 11.5. The predicted molar refractivity (Wildman–Crippen MR) is 74.7 cm³/mol. The Kier molecular flexibility index (Phi) is 3.15. The zero-order chi connectivity index (χ0) is 12.4. The Bertz CT molecular complexity index is 570. The van der Waals surface area contributed by atoms with Crippen LogP contribution in [0.2, 0.25) is 0 Å². The summed E-state index contributed by atoms with van der Waals surface area (Å²) in [5.74, 6) is 5.35. The van der Waals surface area contributed by atoms with Crippen molar-refractivity contribution in [2.45, 2.75) is 6.42 Å². The zero-order valence-corrected chi connectivity index (χ0v) is 10.3. The van der Waals surface area contributed by atoms with E-state index in [1.54, 1.807) is 0 Å². The molecule has 94 valence electrons. The van der Waals surface area contributed by atoms with Crippen molar-refractivity contribution in [3.63, 3.8) is 0 Å². The normalized spacial score (nSPS) is 17.1. The standard InChI is InChI=1S/C14H18N4/c15-17-10-18-7-5-11(6-8-18)13-9-16-14-4-2-1-3-12(13)14/h1-5,9,16-17H,6-8,10,15H2. The highest BCUT2D eigenvalue weighted by atomic mass is 15.3. The quantitative estimate of drug-likeness (QED) is 0.567. The van der Waals surface area contributed by atoms with E-state index in [9.17, 15) is 0 Å². The molecular formula is C14H18N4. The van der Waals surface area contributed by atoms with Gasteiger partial charge in [0.2, 0.25) is 0 Å². The molecule has 4 N–H and O–H groups in total. The van der Waals surface area contributed by atoms with Crippen molar-refractivity contribution in [2.24, 2.45) is 5.84 Å². The minimum atomic E-state index is 0.748. The van der Waals surface area contributed by atoms with Gasteiger partial charge in [0.1, 0.15) is 0 Å². The van der Waals surface area contributed by atoms with Crippen molar-refractivity contribution in [3.8, 4) is 0 Å². The van der Waals surface area contributed by atoms with Gasteiger partial charge in [-0.3, -0.25) is 10.7 Å². The van der Waals surface area contributed by atoms with E-state index in [2.05, 4.69) is 51.8 Å². The van der Waals surface area contributed by atoms with Gasteiger partial charge in [-0.05, 0) is 18.1 Å². The van der Waals surface area contributed by atoms with Crippen LogP contribution in [-0.4, -0.2) is 29.6 Å². The lowest BCUT2D eigenvalue weighted by Gasteiger charge is -2.25. The van der Waals surface area contributed by atoms with Crippen LogP contribution in [0.5, 0.6) is 0 Å². The second-order valence-corrected chi connectivity index (χ2v) is 4.67. The van der Waals surface area contributed by atoms with Crippen molar-refractivity contribution in [3.05, 3.63) is 42.1 Å². The van der Waals surface area contributed by atoms with Crippen molar-refractivity contribution in [2.75, 3.05) is 19.8 Å². The molecule has 0 radical (unpaired) electrons. The highest BCUT2D eigenvalue weighted by molar-refractivity contribution is 5.92. The number of hydrogen-bond donors (Lipinski definition) is 3. The van der Waals surface area contributed by atoms with Crippen LogP contribution in [0.3, 0.4) is 0 Å². The molecular weight excluding hydrogens is 224 g/mol. The maximum Gasteiger partial charge on any atom is 0.0615 e. The number of hydrogen-bond acceptors (Lipinski definition) is 3. The van der Waals surface area contributed by atoms with Crippen LogP contribution in [-0.2, 0) is 0 Å². The number of hydrazine groups is 1. The number of nitrogens with one attached hydrogen (secondary N) is 2. The lowest BCUT2D eigenvalue weighted by Crippen LogP contribution is -2.40. The summed E-state index contributed by atoms with van der Waals surface area (Å²) in [6.45, 7) is 2.76. The third kappa shape index (κ3) is 2.06. The molecule has 1 aliphatic rings. The molecule has 0 spiro atoms. The highest BCUT2D eigenvalue weighted by Crippen LogP contribution is 2.28. The average molecular weight is 242 g/mol. The summed E-state index contributed by atoms with van der Waals surface area (Å²) >= 11 is 0. The molecule has 0 saturated heterocycles. The first-order chi connectivity index (χ1) is 8.88. The van der Waals surface area contributed by atoms with E-state index in [1.165, 1.54) is 22.0 Å². The molecule has 4 nitrogen and oxygen atoms in total. The van der Waals surface area contributed by atoms with Crippen molar-refractivity contribution >= 4 is 16.5 Å². The average Bonchev–Trinajstić information content (AvgIpc) is 2.84. The van der Waals surface area contributed by atoms with Crippen molar-refractivity contribution < 1.29 is 0 Å². The Morgan fingerprint density at radius 1 is 1.33 bits per heavy atom. The summed E-state index contributed by atoms with van der Waals surface area (Å²) in [6, 6.07) is 8.45. The third-order valence-electron chi connectivity index (χ3n) is 3.54. The molecule has 3 rings (SSSR count). The number of benzene rings is 1. The number of H-pyrrole nitrogens is 1. The Morgan fingerprint density at radius 3 is 3.00 bits per heavy atom. The lowest BCUT2D eigenvalue weighted by atomic mass is 9.99. The fraction of sp³-hybridized carbons (Fsp3) is 0.286.